The number of thiophene rings is 1. The number of aromatic amines is 1. The zero-order valence-electron chi connectivity index (χ0n) is 11.4. The van der Waals surface area contributed by atoms with Crippen LogP contribution in [0.5, 0.6) is 0 Å². The Balaban J connectivity index is 1.68. The number of amides is 2. The molecule has 5 N–H and O–H groups in total. The van der Waals surface area contributed by atoms with E-state index in [1.54, 1.807) is 0 Å². The first kappa shape index (κ1) is 15.0. The molecule has 0 aliphatic heterocycles. The van der Waals surface area contributed by atoms with Gasteiger partial charge in [-0.1, -0.05) is 11.3 Å². The van der Waals surface area contributed by atoms with Crippen molar-refractivity contribution in [2.45, 2.75) is 0 Å². The number of hydrogen-bond donors (Lipinski definition) is 4. The summed E-state index contributed by atoms with van der Waals surface area (Å²) < 4.78 is 25.9. The molecule has 0 spiro atoms. The van der Waals surface area contributed by atoms with E-state index < -0.39 is 17.6 Å². The molecule has 9 heteroatoms. The second-order valence-electron chi connectivity index (χ2n) is 4.66. The van der Waals surface area contributed by atoms with Crippen molar-refractivity contribution in [3.8, 4) is 0 Å². The van der Waals surface area contributed by atoms with Crippen LogP contribution in [-0.4, -0.2) is 16.8 Å². The van der Waals surface area contributed by atoms with Crippen molar-refractivity contribution in [3.05, 3.63) is 52.5 Å². The number of hydrazine groups is 1. The molecule has 0 aliphatic carbocycles. The third-order valence-electron chi connectivity index (χ3n) is 3.07. The van der Waals surface area contributed by atoms with Gasteiger partial charge in [0.15, 0.2) is 5.13 Å². The van der Waals surface area contributed by atoms with Crippen LogP contribution in [0.1, 0.15) is 20.8 Å². The molecule has 2 heterocycles. The van der Waals surface area contributed by atoms with Crippen LogP contribution in [0.3, 0.4) is 0 Å². The molecule has 0 fully saturated rings. The van der Waals surface area contributed by atoms with Gasteiger partial charge < -0.3 is 10.7 Å². The number of nitrogen functional groups attached to an aromatic ring is 1. The molecule has 0 saturated heterocycles. The Morgan fingerprint density at radius 1 is 1.09 bits per heavy atom. The summed E-state index contributed by atoms with van der Waals surface area (Å²) in [6.45, 7) is 0. The van der Waals surface area contributed by atoms with Gasteiger partial charge in [0, 0.05) is 11.1 Å². The van der Waals surface area contributed by atoms with Gasteiger partial charge in [0.1, 0.15) is 16.3 Å². The molecule has 0 aliphatic rings. The van der Waals surface area contributed by atoms with Crippen LogP contribution < -0.4 is 16.6 Å². The van der Waals surface area contributed by atoms with E-state index >= 15 is 0 Å². The number of nitrogens with two attached hydrogens (primary N) is 1. The minimum Gasteiger partial charge on any atom is -0.398 e. The molecule has 0 saturated carbocycles. The molecule has 2 aromatic heterocycles. The van der Waals surface area contributed by atoms with Gasteiger partial charge in [-0.3, -0.25) is 20.4 Å². The summed E-state index contributed by atoms with van der Waals surface area (Å²) in [5.74, 6) is -1.86. The lowest BCUT2D eigenvalue weighted by Gasteiger charge is -2.08. The second-order valence-corrected chi connectivity index (χ2v) is 5.66. The molecule has 0 bridgehead atoms. The van der Waals surface area contributed by atoms with Crippen molar-refractivity contribution < 1.29 is 18.4 Å². The van der Waals surface area contributed by atoms with Gasteiger partial charge in [0.2, 0.25) is 0 Å². The highest BCUT2D eigenvalue weighted by molar-refractivity contribution is 7.17. The van der Waals surface area contributed by atoms with Crippen LogP contribution in [-0.2, 0) is 0 Å². The summed E-state index contributed by atoms with van der Waals surface area (Å²) in [4.78, 5) is 27.1. The van der Waals surface area contributed by atoms with E-state index in [4.69, 9.17) is 5.73 Å². The van der Waals surface area contributed by atoms with Crippen molar-refractivity contribution in [1.82, 2.24) is 15.8 Å². The number of carbonyl (C=O) groups is 2. The maximum absolute atomic E-state index is 13.0. The molecule has 23 heavy (non-hydrogen) atoms. The fourth-order valence-corrected chi connectivity index (χ4v) is 2.78. The third kappa shape index (κ3) is 2.99. The van der Waals surface area contributed by atoms with E-state index in [2.05, 4.69) is 15.8 Å². The van der Waals surface area contributed by atoms with Gasteiger partial charge in [-0.25, -0.2) is 4.39 Å². The summed E-state index contributed by atoms with van der Waals surface area (Å²) in [6, 6.07) is 6.05. The number of nitrogens with one attached hydrogen (secondary N) is 3. The quantitative estimate of drug-likeness (QED) is 0.426. The predicted molar refractivity (Wildman–Crippen MR) is 81.9 cm³/mol. The number of carbonyl (C=O) groups excluding carboxylic acids is 2. The van der Waals surface area contributed by atoms with Crippen LogP contribution in [0.25, 0.3) is 10.2 Å². The molecule has 3 aromatic rings. The van der Waals surface area contributed by atoms with E-state index in [0.717, 1.165) is 23.5 Å². The highest BCUT2D eigenvalue weighted by Gasteiger charge is 2.14. The Labute approximate surface area is 132 Å². The average Bonchev–Trinajstić information content (AvgIpc) is 3.01. The number of fused-ring (bicyclic) bond motifs is 1. The zero-order valence-corrected chi connectivity index (χ0v) is 12.3. The van der Waals surface area contributed by atoms with Gasteiger partial charge >= 0.3 is 0 Å². The predicted octanol–water partition coefficient (Wildman–Crippen LogP) is 2.16. The van der Waals surface area contributed by atoms with E-state index in [-0.39, 0.29) is 22.1 Å². The molecule has 2 amide bonds. The van der Waals surface area contributed by atoms with Crippen molar-refractivity contribution >= 4 is 39.1 Å². The molecule has 6 nitrogen and oxygen atoms in total. The van der Waals surface area contributed by atoms with Crippen molar-refractivity contribution in [3.63, 3.8) is 0 Å². The average molecular weight is 336 g/mol. The molecule has 1 aromatic carbocycles. The maximum Gasteiger partial charge on any atom is 0.286 e. The van der Waals surface area contributed by atoms with Crippen LogP contribution in [0.4, 0.5) is 14.5 Å². The molecular formula is C14H10F2N4O2S. The first-order valence-electron chi connectivity index (χ1n) is 6.38. The van der Waals surface area contributed by atoms with E-state index in [0.29, 0.717) is 10.2 Å². The summed E-state index contributed by atoms with van der Waals surface area (Å²) >= 11 is 0.873. The second kappa shape index (κ2) is 5.69. The minimum atomic E-state index is -0.685. The van der Waals surface area contributed by atoms with Crippen LogP contribution in [0.2, 0.25) is 0 Å². The smallest absolute Gasteiger partial charge is 0.286 e. The number of halogens is 2. The van der Waals surface area contributed by atoms with Gasteiger partial charge in [-0.15, -0.1) is 0 Å². The monoisotopic (exact) mass is 336 g/mol. The van der Waals surface area contributed by atoms with Crippen molar-refractivity contribution in [2.24, 2.45) is 0 Å². The van der Waals surface area contributed by atoms with Gasteiger partial charge in [-0.05, 0) is 30.3 Å². The van der Waals surface area contributed by atoms with E-state index in [1.165, 1.54) is 18.2 Å². The fraction of sp³-hybridized carbons (Fsp3) is 0. The summed E-state index contributed by atoms with van der Waals surface area (Å²) in [7, 11) is 0. The Hall–Kier alpha value is -2.94. The number of H-pyrrole nitrogens is 1. The van der Waals surface area contributed by atoms with Gasteiger partial charge in [0.25, 0.3) is 11.8 Å². The topological polar surface area (TPSA) is 100 Å². The Morgan fingerprint density at radius 3 is 2.52 bits per heavy atom. The third-order valence-corrected chi connectivity index (χ3v) is 3.93. The molecule has 118 valence electrons. The number of anilines is 1. The zero-order chi connectivity index (χ0) is 16.6. The van der Waals surface area contributed by atoms with Gasteiger partial charge in [-0.2, -0.15) is 4.39 Å². The number of benzene rings is 1. The van der Waals surface area contributed by atoms with Crippen molar-refractivity contribution in [2.75, 3.05) is 5.73 Å². The lowest BCUT2D eigenvalue weighted by atomic mass is 10.1. The van der Waals surface area contributed by atoms with Crippen LogP contribution >= 0.6 is 11.3 Å². The molecule has 0 atom stereocenters. The van der Waals surface area contributed by atoms with E-state index in [1.807, 2.05) is 0 Å². The largest absolute Gasteiger partial charge is 0.398 e. The highest BCUT2D eigenvalue weighted by Crippen LogP contribution is 2.24. The number of rotatable bonds is 2. The SMILES string of the molecule is Nc1cc(F)ccc1C(=O)NNC(=O)c1cc2cc(F)sc2[nH]1. The first-order valence-corrected chi connectivity index (χ1v) is 7.19. The standard InChI is InChI=1S/C14H10F2N4O2S/c15-7-1-2-8(9(17)5-7)12(21)19-20-13(22)10-3-6-4-11(16)23-14(6)18-10/h1-5,18H,17H2,(H,19,21)(H,20,22). The summed E-state index contributed by atoms with van der Waals surface area (Å²) in [6.07, 6.45) is 0. The lowest BCUT2D eigenvalue weighted by Crippen LogP contribution is -2.42. The number of hydrogen-bond acceptors (Lipinski definition) is 4. The molecular weight excluding hydrogens is 326 g/mol. The normalized spacial score (nSPS) is 10.7. The molecule has 0 unspecified atom stereocenters. The van der Waals surface area contributed by atoms with Crippen LogP contribution in [0, 0.1) is 10.9 Å². The van der Waals surface area contributed by atoms with Crippen molar-refractivity contribution in [1.29, 1.82) is 0 Å². The molecule has 3 rings (SSSR count). The van der Waals surface area contributed by atoms with Gasteiger partial charge in [0.05, 0.1) is 5.56 Å². The summed E-state index contributed by atoms with van der Waals surface area (Å²) in [5.41, 5.74) is 10.1. The highest BCUT2D eigenvalue weighted by atomic mass is 32.1. The number of aromatic nitrogens is 1. The van der Waals surface area contributed by atoms with Crippen LogP contribution in [0.15, 0.2) is 30.3 Å². The Kier molecular flexibility index (Phi) is 3.70. The maximum atomic E-state index is 13.0. The first-order chi connectivity index (χ1) is 10.9. The fourth-order valence-electron chi connectivity index (χ4n) is 2.00. The minimum absolute atomic E-state index is 0.0289. The Bertz CT molecular complexity index is 887. The summed E-state index contributed by atoms with van der Waals surface area (Å²) in [5, 5.41) is 0.199. The molecule has 0 radical (unpaired) electrons. The Morgan fingerprint density at radius 2 is 1.83 bits per heavy atom. The lowest BCUT2D eigenvalue weighted by molar-refractivity contribution is 0.0845. The van der Waals surface area contributed by atoms with E-state index in [9.17, 15) is 18.4 Å².